The van der Waals surface area contributed by atoms with Crippen molar-refractivity contribution in [2.24, 2.45) is 0 Å². The zero-order chi connectivity index (χ0) is 9.56. The molecule has 1 unspecified atom stereocenters. The van der Waals surface area contributed by atoms with E-state index in [0.717, 1.165) is 12.8 Å². The molecule has 0 N–H and O–H groups in total. The highest BCUT2D eigenvalue weighted by molar-refractivity contribution is 6.22. The minimum Gasteiger partial charge on any atom is -0.301 e. The lowest BCUT2D eigenvalue weighted by atomic mass is 10.1. The summed E-state index contributed by atoms with van der Waals surface area (Å²) in [4.78, 5) is 2.15. The Kier molecular flexibility index (Phi) is 6.14. The molecule has 0 radical (unpaired) electrons. The molecule has 0 aromatic carbocycles. The molecule has 1 atom stereocenters. The summed E-state index contributed by atoms with van der Waals surface area (Å²) in [6, 6.07) is 2.58. The lowest BCUT2D eigenvalue weighted by Crippen LogP contribution is -2.34. The smallest absolute Gasteiger partial charge is 0.133 e. The van der Waals surface area contributed by atoms with Gasteiger partial charge >= 0.3 is 0 Å². The molecule has 0 saturated heterocycles. The van der Waals surface area contributed by atoms with Crippen LogP contribution in [0.3, 0.4) is 0 Å². The highest BCUT2D eigenvalue weighted by Gasteiger charge is 2.13. The first kappa shape index (κ1) is 11.7. The van der Waals surface area contributed by atoms with Crippen molar-refractivity contribution in [3.8, 4) is 6.07 Å². The second-order valence-electron chi connectivity index (χ2n) is 3.01. The van der Waals surface area contributed by atoms with Gasteiger partial charge in [0.2, 0.25) is 0 Å². The third-order valence-corrected chi connectivity index (χ3v) is 2.39. The summed E-state index contributed by atoms with van der Waals surface area (Å²) in [5.41, 5.74) is 0. The van der Waals surface area contributed by atoms with Crippen molar-refractivity contribution in [1.82, 2.24) is 4.90 Å². The maximum Gasteiger partial charge on any atom is 0.133 e. The van der Waals surface area contributed by atoms with Crippen molar-refractivity contribution in [1.29, 1.82) is 5.26 Å². The van der Waals surface area contributed by atoms with Crippen LogP contribution in [-0.4, -0.2) is 29.9 Å². The quantitative estimate of drug-likeness (QED) is 0.619. The molecule has 0 bridgehead atoms. The molecule has 12 heavy (non-hydrogen) atoms. The van der Waals surface area contributed by atoms with Gasteiger partial charge in [0.1, 0.15) is 5.38 Å². The van der Waals surface area contributed by atoms with Gasteiger partial charge in [-0.05, 0) is 19.9 Å². The topological polar surface area (TPSA) is 27.0 Å². The predicted octanol–water partition coefficient (Wildman–Crippen LogP) is 2.24. The van der Waals surface area contributed by atoms with Crippen molar-refractivity contribution in [3.05, 3.63) is 0 Å². The van der Waals surface area contributed by atoms with Crippen LogP contribution in [0.15, 0.2) is 0 Å². The Morgan fingerprint density at radius 2 is 1.92 bits per heavy atom. The first-order valence-corrected chi connectivity index (χ1v) is 4.83. The zero-order valence-electron chi connectivity index (χ0n) is 8.05. The van der Waals surface area contributed by atoms with Crippen LogP contribution in [-0.2, 0) is 0 Å². The van der Waals surface area contributed by atoms with Crippen molar-refractivity contribution in [2.45, 2.75) is 38.1 Å². The number of rotatable bonds is 5. The molecule has 0 rings (SSSR count). The van der Waals surface area contributed by atoms with Crippen LogP contribution in [0.4, 0.5) is 0 Å². The average molecular weight is 189 g/mol. The first-order chi connectivity index (χ1) is 5.65. The average Bonchev–Trinajstić information content (AvgIpc) is 2.06. The zero-order valence-corrected chi connectivity index (χ0v) is 8.80. The normalized spacial score (nSPS) is 13.4. The van der Waals surface area contributed by atoms with E-state index in [1.54, 1.807) is 0 Å². The van der Waals surface area contributed by atoms with E-state index >= 15 is 0 Å². The maximum atomic E-state index is 8.50. The minimum atomic E-state index is -0.379. The molecule has 3 heteroatoms. The second kappa shape index (κ2) is 6.28. The highest BCUT2D eigenvalue weighted by atomic mass is 35.5. The summed E-state index contributed by atoms with van der Waals surface area (Å²) in [5, 5.41) is 8.12. The van der Waals surface area contributed by atoms with Crippen LogP contribution in [0.25, 0.3) is 0 Å². The van der Waals surface area contributed by atoms with Gasteiger partial charge in [0, 0.05) is 12.6 Å². The molecule has 0 aromatic rings. The molecule has 0 amide bonds. The number of alkyl halides is 1. The Morgan fingerprint density at radius 1 is 1.42 bits per heavy atom. The van der Waals surface area contributed by atoms with Gasteiger partial charge < -0.3 is 4.90 Å². The number of halogens is 1. The van der Waals surface area contributed by atoms with Gasteiger partial charge in [-0.3, -0.25) is 0 Å². The molecule has 0 aromatic heterocycles. The van der Waals surface area contributed by atoms with Gasteiger partial charge in [0.05, 0.1) is 6.07 Å². The fourth-order valence-corrected chi connectivity index (χ4v) is 1.57. The molecular weight excluding hydrogens is 172 g/mol. The summed E-state index contributed by atoms with van der Waals surface area (Å²) >= 11 is 5.72. The first-order valence-electron chi connectivity index (χ1n) is 4.39. The van der Waals surface area contributed by atoms with E-state index in [9.17, 15) is 0 Å². The molecule has 2 nitrogen and oxygen atoms in total. The van der Waals surface area contributed by atoms with E-state index in [1.807, 2.05) is 13.1 Å². The Labute approximate surface area is 80.1 Å². The molecule has 0 spiro atoms. The largest absolute Gasteiger partial charge is 0.301 e. The SMILES string of the molecule is CCC(CC)N(C)CC(Cl)C#N. The number of hydrogen-bond donors (Lipinski definition) is 0. The van der Waals surface area contributed by atoms with Gasteiger partial charge in [0.15, 0.2) is 0 Å². The molecule has 0 aliphatic carbocycles. The van der Waals surface area contributed by atoms with E-state index in [-0.39, 0.29) is 5.38 Å². The van der Waals surface area contributed by atoms with Gasteiger partial charge in [-0.25, -0.2) is 0 Å². The fraction of sp³-hybridized carbons (Fsp3) is 0.889. The molecular formula is C9H17ClN2. The van der Waals surface area contributed by atoms with Crippen LogP contribution in [0.2, 0.25) is 0 Å². The molecule has 0 aliphatic rings. The number of nitriles is 1. The summed E-state index contributed by atoms with van der Waals surface area (Å²) in [5.74, 6) is 0. The minimum absolute atomic E-state index is 0.379. The molecule has 0 fully saturated rings. The lowest BCUT2D eigenvalue weighted by molar-refractivity contribution is 0.236. The Balaban J connectivity index is 3.85. The van der Waals surface area contributed by atoms with Crippen molar-refractivity contribution < 1.29 is 0 Å². The van der Waals surface area contributed by atoms with Crippen LogP contribution >= 0.6 is 11.6 Å². The maximum absolute atomic E-state index is 8.50. The van der Waals surface area contributed by atoms with Crippen LogP contribution in [0.5, 0.6) is 0 Å². The van der Waals surface area contributed by atoms with E-state index in [2.05, 4.69) is 18.7 Å². The summed E-state index contributed by atoms with van der Waals surface area (Å²) in [6.07, 6.45) is 2.23. The predicted molar refractivity (Wildman–Crippen MR) is 52.3 cm³/mol. The third-order valence-electron chi connectivity index (χ3n) is 2.15. The molecule has 70 valence electrons. The molecule has 0 saturated carbocycles. The monoisotopic (exact) mass is 188 g/mol. The Bertz CT molecular complexity index is 149. The van der Waals surface area contributed by atoms with E-state index < -0.39 is 0 Å². The molecule has 0 heterocycles. The third kappa shape index (κ3) is 3.94. The second-order valence-corrected chi connectivity index (χ2v) is 3.53. The van der Waals surface area contributed by atoms with Crippen molar-refractivity contribution >= 4 is 11.6 Å². The van der Waals surface area contributed by atoms with Gasteiger partial charge in [-0.15, -0.1) is 11.6 Å². The highest BCUT2D eigenvalue weighted by Crippen LogP contribution is 2.08. The number of nitrogens with zero attached hydrogens (tertiary/aromatic N) is 2. The summed E-state index contributed by atoms with van der Waals surface area (Å²) in [6.45, 7) is 4.96. The van der Waals surface area contributed by atoms with E-state index in [4.69, 9.17) is 16.9 Å². The number of hydrogen-bond acceptors (Lipinski definition) is 2. The fourth-order valence-electron chi connectivity index (χ4n) is 1.35. The summed E-state index contributed by atoms with van der Waals surface area (Å²) in [7, 11) is 2.02. The van der Waals surface area contributed by atoms with Gasteiger partial charge in [0.25, 0.3) is 0 Å². The Hall–Kier alpha value is -0.260. The van der Waals surface area contributed by atoms with E-state index in [1.165, 1.54) is 0 Å². The van der Waals surface area contributed by atoms with Crippen molar-refractivity contribution in [3.63, 3.8) is 0 Å². The van der Waals surface area contributed by atoms with Gasteiger partial charge in [-0.1, -0.05) is 13.8 Å². The van der Waals surface area contributed by atoms with Crippen molar-refractivity contribution in [2.75, 3.05) is 13.6 Å². The Morgan fingerprint density at radius 3 is 2.25 bits per heavy atom. The van der Waals surface area contributed by atoms with Crippen LogP contribution in [0.1, 0.15) is 26.7 Å². The standard InChI is InChI=1S/C9H17ClN2/c1-4-9(5-2)12(3)7-8(10)6-11/h8-9H,4-5,7H2,1-3H3. The van der Waals surface area contributed by atoms with Crippen LogP contribution < -0.4 is 0 Å². The van der Waals surface area contributed by atoms with Crippen LogP contribution in [0, 0.1) is 11.3 Å². The summed E-state index contributed by atoms with van der Waals surface area (Å²) < 4.78 is 0. The van der Waals surface area contributed by atoms with Gasteiger partial charge in [-0.2, -0.15) is 5.26 Å². The van der Waals surface area contributed by atoms with E-state index in [0.29, 0.717) is 12.6 Å². The molecule has 0 aliphatic heterocycles. The lowest BCUT2D eigenvalue weighted by Gasteiger charge is -2.26.